The van der Waals surface area contributed by atoms with E-state index in [0.29, 0.717) is 0 Å². The molecule has 0 saturated heterocycles. The first-order chi connectivity index (χ1) is 18.3. The van der Waals surface area contributed by atoms with Gasteiger partial charge in [0.15, 0.2) is 0 Å². The molecule has 190 valence electrons. The van der Waals surface area contributed by atoms with Crippen LogP contribution >= 0.6 is 11.6 Å². The fraction of sp³-hybridized carbons (Fsp3) is 0.0968. The van der Waals surface area contributed by atoms with Crippen LogP contribution in [0.3, 0.4) is 0 Å². The predicted molar refractivity (Wildman–Crippen MR) is 149 cm³/mol. The molecule has 0 heterocycles. The van der Waals surface area contributed by atoms with Crippen LogP contribution < -0.4 is 10.4 Å². The van der Waals surface area contributed by atoms with Crippen molar-refractivity contribution in [3.8, 4) is 11.1 Å². The van der Waals surface area contributed by atoms with E-state index in [1.54, 1.807) is 0 Å². The van der Waals surface area contributed by atoms with Gasteiger partial charge in [0.1, 0.15) is 0 Å². The molecule has 1 N–H and O–H groups in total. The minimum atomic E-state index is -2.66. The van der Waals surface area contributed by atoms with E-state index in [2.05, 4.69) is 13.3 Å². The monoisotopic (exact) mass is 540 g/mol. The summed E-state index contributed by atoms with van der Waals surface area (Å²) in [5.74, 6) is 0. The van der Waals surface area contributed by atoms with Gasteiger partial charge in [-0.25, -0.2) is 0 Å². The van der Waals surface area contributed by atoms with E-state index in [-0.39, 0.29) is 5.24 Å². The van der Waals surface area contributed by atoms with Crippen LogP contribution in [0, 0.1) is 13.3 Å². The molecule has 0 bridgehead atoms. The zero-order chi connectivity index (χ0) is 28.3. The van der Waals surface area contributed by atoms with E-state index in [1.165, 1.54) is 0 Å². The summed E-state index contributed by atoms with van der Waals surface area (Å²) in [7, 11) is -2.66. The van der Waals surface area contributed by atoms with Gasteiger partial charge in [-0.05, 0) is 51.2 Å². The van der Waals surface area contributed by atoms with Crippen molar-refractivity contribution < 1.29 is 24.0 Å². The maximum atomic E-state index is 11.9. The molecule has 7 heteroatoms. The van der Waals surface area contributed by atoms with E-state index in [0.717, 1.165) is 32.6 Å². The fourth-order valence-electron chi connectivity index (χ4n) is 4.62. The van der Waals surface area contributed by atoms with Crippen molar-refractivity contribution in [2.45, 2.75) is 18.9 Å². The summed E-state index contributed by atoms with van der Waals surface area (Å²) in [6, 6.07) is 34.9. The van der Waals surface area contributed by atoms with Gasteiger partial charge in [-0.2, -0.15) is 0 Å². The van der Waals surface area contributed by atoms with E-state index in [1.807, 2.05) is 123 Å². The second-order valence-corrected chi connectivity index (χ2v) is 12.8. The first-order valence-electron chi connectivity index (χ1n) is 11.5. The van der Waals surface area contributed by atoms with Crippen LogP contribution in [-0.2, 0) is 19.5 Å². The summed E-state index contributed by atoms with van der Waals surface area (Å²) in [6.07, 6.45) is 0. The number of carbonyl (C=O) groups excluding carboxylic acids is 1. The normalized spacial score (nSPS) is 11.9. The quantitative estimate of drug-likeness (QED) is 0.153. The number of rotatable bonds is 4. The molecular formula is C31H25ClO5Si. The number of carboxylic acid groups (broad SMARTS) is 1. The molecule has 4 aromatic carbocycles. The van der Waals surface area contributed by atoms with Crippen LogP contribution in [0.15, 0.2) is 109 Å². The Labute approximate surface area is 228 Å². The topological polar surface area (TPSA) is 94.2 Å². The van der Waals surface area contributed by atoms with Gasteiger partial charge in [-0.15, -0.1) is 0 Å². The molecule has 5 nitrogen and oxygen atoms in total. The molecule has 1 aliphatic carbocycles. The van der Waals surface area contributed by atoms with Crippen LogP contribution in [0.2, 0.25) is 6.55 Å². The van der Waals surface area contributed by atoms with Gasteiger partial charge < -0.3 is 5.11 Å². The molecule has 0 fully saturated rings. The number of hydrogen-bond acceptors (Lipinski definition) is 2. The van der Waals surface area contributed by atoms with Crippen molar-refractivity contribution in [2.24, 2.45) is 0 Å². The van der Waals surface area contributed by atoms with Gasteiger partial charge in [0.2, 0.25) is 13.3 Å². The van der Waals surface area contributed by atoms with Crippen LogP contribution in [0.25, 0.3) is 11.1 Å². The Morgan fingerprint density at radius 3 is 1.32 bits per heavy atom. The number of benzene rings is 4. The Bertz CT molecular complexity index is 1330. The molecule has 5 rings (SSSR count). The molecule has 0 aromatic heterocycles. The molecule has 1 aliphatic rings. The van der Waals surface area contributed by atoms with Crippen molar-refractivity contribution in [3.63, 3.8) is 0 Å². The summed E-state index contributed by atoms with van der Waals surface area (Å²) in [5, 5.41) is 11.1. The molecule has 38 heavy (non-hydrogen) atoms. The van der Waals surface area contributed by atoms with Crippen molar-refractivity contribution in [3.05, 3.63) is 134 Å². The number of fused-ring (bicyclic) bond motifs is 3. The Hall–Kier alpha value is -3.99. The zero-order valence-electron chi connectivity index (χ0n) is 20.9. The van der Waals surface area contributed by atoms with Crippen molar-refractivity contribution in [2.75, 3.05) is 0 Å². The summed E-state index contributed by atoms with van der Waals surface area (Å²) < 4.78 is 15.0. The van der Waals surface area contributed by atoms with Gasteiger partial charge in [0.05, 0.1) is 5.41 Å². The van der Waals surface area contributed by atoms with Gasteiger partial charge in [0.25, 0.3) is 5.59 Å². The van der Waals surface area contributed by atoms with Crippen molar-refractivity contribution in [1.82, 2.24) is 0 Å². The van der Waals surface area contributed by atoms with Crippen LogP contribution in [0.4, 0.5) is 4.79 Å². The van der Waals surface area contributed by atoms with E-state index < -0.39 is 19.1 Å². The zero-order valence-corrected chi connectivity index (χ0v) is 22.6. The predicted octanol–water partition coefficient (Wildman–Crippen LogP) is 5.80. The standard InChI is InChI=1S/C15H11ClO.C14H14O2Si.2CO/c1-15(14(16)17)12-8-4-2-6-10(12)11-7-3-5-9-13(11)15;1-17(14(15)16,12-8-4-2-5-9-12)13-10-6-3-7-11-13;2*1-2/h2-9H,1H3;2-11H,1H3,(H,15,16);;. The van der Waals surface area contributed by atoms with E-state index in [9.17, 15) is 14.7 Å². The van der Waals surface area contributed by atoms with Gasteiger partial charge in [-0.1, -0.05) is 116 Å². The van der Waals surface area contributed by atoms with Gasteiger partial charge in [-0.3, -0.25) is 9.59 Å². The molecule has 0 aliphatic heterocycles. The van der Waals surface area contributed by atoms with Crippen LogP contribution in [0.1, 0.15) is 18.1 Å². The summed E-state index contributed by atoms with van der Waals surface area (Å²) in [4.78, 5) is 23.5. The average molecular weight is 541 g/mol. The summed E-state index contributed by atoms with van der Waals surface area (Å²) >= 11 is 5.84. The molecule has 0 amide bonds. The minimum absolute atomic E-state index is 0.324. The molecule has 0 unspecified atom stereocenters. The molecule has 0 saturated carbocycles. The average Bonchev–Trinajstić information content (AvgIpc) is 3.25. The summed E-state index contributed by atoms with van der Waals surface area (Å²) in [5.41, 5.74) is 2.81. The number of halogens is 1. The van der Waals surface area contributed by atoms with Gasteiger partial charge in [0, 0.05) is 0 Å². The maximum absolute atomic E-state index is 11.9. The third kappa shape index (κ3) is 5.62. The van der Waals surface area contributed by atoms with Gasteiger partial charge >= 0.3 is 22.6 Å². The SMILES string of the molecule is CC1(C(=O)Cl)c2ccccc2-c2ccccc21.C[Si](C(=O)O)(c1ccccc1)c1ccccc1.[C-]#[O+].[C-]#[O+]. The molecule has 0 spiro atoms. The Morgan fingerprint density at radius 2 is 1.00 bits per heavy atom. The fourth-order valence-corrected chi connectivity index (χ4v) is 7.37. The molecular weight excluding hydrogens is 516 g/mol. The molecule has 0 radical (unpaired) electrons. The van der Waals surface area contributed by atoms with E-state index >= 15 is 0 Å². The first-order valence-corrected chi connectivity index (χ1v) is 14.3. The Balaban J connectivity index is 0.000000236. The number of carbonyl (C=O) groups is 2. The molecule has 4 aromatic rings. The van der Waals surface area contributed by atoms with E-state index in [4.69, 9.17) is 20.9 Å². The van der Waals surface area contributed by atoms with Crippen LogP contribution in [-0.4, -0.2) is 24.0 Å². The Kier molecular flexibility index (Phi) is 10.8. The third-order valence-corrected chi connectivity index (χ3v) is 11.0. The molecule has 0 atom stereocenters. The van der Waals surface area contributed by atoms with Crippen molar-refractivity contribution >= 4 is 40.9 Å². The number of hydrogen-bond donors (Lipinski definition) is 1. The van der Waals surface area contributed by atoms with Crippen molar-refractivity contribution in [1.29, 1.82) is 0 Å². The third-order valence-electron chi connectivity index (χ3n) is 6.74. The Morgan fingerprint density at radius 1 is 0.684 bits per heavy atom. The first kappa shape index (κ1) is 30.2. The van der Waals surface area contributed by atoms with Crippen LogP contribution in [0.5, 0.6) is 0 Å². The second kappa shape index (κ2) is 13.5. The second-order valence-electron chi connectivity index (χ2n) is 8.65. The summed E-state index contributed by atoms with van der Waals surface area (Å²) in [6.45, 7) is 12.8.